The standard InChI is InChI=1S/C12H30NO3Si/c1-8-12(13(5,6)7)17(14-9-2,15-10-3)16-11-4/h12H,8-11H2,1-7H3/q+1. The van der Waals surface area contributed by atoms with Crippen molar-refractivity contribution in [2.45, 2.75) is 39.8 Å². The molecule has 0 saturated carbocycles. The molecule has 0 saturated heterocycles. The van der Waals surface area contributed by atoms with Crippen LogP contribution in [0.2, 0.25) is 0 Å². The van der Waals surface area contributed by atoms with Gasteiger partial charge in [-0.25, -0.2) is 0 Å². The SMILES string of the molecule is CCO[Si](OCC)(OCC)C(CC)[N+](C)(C)C. The molecule has 0 fully saturated rings. The Bertz CT molecular complexity index is 189. The van der Waals surface area contributed by atoms with E-state index in [1.54, 1.807) is 0 Å². The second-order valence-electron chi connectivity index (χ2n) is 4.94. The van der Waals surface area contributed by atoms with Crippen LogP contribution in [0.4, 0.5) is 0 Å². The Labute approximate surface area is 108 Å². The van der Waals surface area contributed by atoms with E-state index in [1.807, 2.05) is 20.8 Å². The lowest BCUT2D eigenvalue weighted by atomic mass is 10.4. The number of nitrogens with zero attached hydrogens (tertiary/aromatic N) is 1. The Morgan fingerprint density at radius 1 is 0.824 bits per heavy atom. The predicted molar refractivity (Wildman–Crippen MR) is 72.7 cm³/mol. The van der Waals surface area contributed by atoms with Crippen LogP contribution in [0.25, 0.3) is 0 Å². The molecule has 0 aromatic heterocycles. The topological polar surface area (TPSA) is 27.7 Å². The van der Waals surface area contributed by atoms with E-state index < -0.39 is 8.80 Å². The molecule has 0 aromatic carbocycles. The van der Waals surface area contributed by atoms with Gasteiger partial charge in [0.25, 0.3) is 0 Å². The summed E-state index contributed by atoms with van der Waals surface area (Å²) >= 11 is 0. The van der Waals surface area contributed by atoms with Crippen molar-refractivity contribution in [2.24, 2.45) is 0 Å². The fraction of sp³-hybridized carbons (Fsp3) is 1.00. The van der Waals surface area contributed by atoms with E-state index in [-0.39, 0.29) is 5.67 Å². The molecule has 1 unspecified atom stereocenters. The summed E-state index contributed by atoms with van der Waals surface area (Å²) in [7, 11) is 3.93. The molecular formula is C12H30NO3Si+. The Morgan fingerprint density at radius 3 is 1.35 bits per heavy atom. The summed E-state index contributed by atoms with van der Waals surface area (Å²) in [5.74, 6) is 0. The van der Waals surface area contributed by atoms with E-state index in [4.69, 9.17) is 13.3 Å². The number of hydrogen-bond acceptors (Lipinski definition) is 3. The van der Waals surface area contributed by atoms with Gasteiger partial charge in [0.15, 0.2) is 5.67 Å². The van der Waals surface area contributed by atoms with Crippen molar-refractivity contribution in [1.82, 2.24) is 0 Å². The van der Waals surface area contributed by atoms with E-state index in [1.165, 1.54) is 0 Å². The third-order valence-corrected chi connectivity index (χ3v) is 6.84. The lowest BCUT2D eigenvalue weighted by Crippen LogP contribution is -2.66. The molecule has 0 bridgehead atoms. The molecular weight excluding hydrogens is 234 g/mol. The monoisotopic (exact) mass is 264 g/mol. The highest BCUT2D eigenvalue weighted by Crippen LogP contribution is 2.24. The molecule has 0 N–H and O–H groups in total. The minimum atomic E-state index is -2.59. The molecule has 0 aliphatic rings. The number of quaternary nitrogens is 1. The van der Waals surface area contributed by atoms with Crippen LogP contribution in [0.3, 0.4) is 0 Å². The largest absolute Gasteiger partial charge is 0.562 e. The third kappa shape index (κ3) is 4.67. The molecule has 0 aliphatic heterocycles. The van der Waals surface area contributed by atoms with Crippen molar-refractivity contribution < 1.29 is 17.8 Å². The molecule has 0 spiro atoms. The van der Waals surface area contributed by atoms with E-state index in [0.717, 1.165) is 10.9 Å². The normalized spacial score (nSPS) is 15.0. The molecule has 0 amide bonds. The summed E-state index contributed by atoms with van der Waals surface area (Å²) in [5.41, 5.74) is 0.280. The molecule has 0 aliphatic carbocycles. The van der Waals surface area contributed by atoms with Gasteiger partial charge in [0.05, 0.1) is 21.1 Å². The summed E-state index contributed by atoms with van der Waals surface area (Å²) in [4.78, 5) is 0. The van der Waals surface area contributed by atoms with Crippen molar-refractivity contribution >= 4 is 8.80 Å². The van der Waals surface area contributed by atoms with Crippen LogP contribution in [-0.2, 0) is 13.3 Å². The van der Waals surface area contributed by atoms with Gasteiger partial charge in [-0.1, -0.05) is 6.92 Å². The highest BCUT2D eigenvalue weighted by Gasteiger charge is 2.55. The van der Waals surface area contributed by atoms with Crippen LogP contribution in [-0.4, -0.2) is 59.9 Å². The Morgan fingerprint density at radius 2 is 1.18 bits per heavy atom. The first-order chi connectivity index (χ1) is 7.87. The van der Waals surface area contributed by atoms with Crippen molar-refractivity contribution in [1.29, 1.82) is 0 Å². The summed E-state index contributed by atoms with van der Waals surface area (Å²) in [6, 6.07) is 0. The summed E-state index contributed by atoms with van der Waals surface area (Å²) in [5, 5.41) is 0. The van der Waals surface area contributed by atoms with E-state index >= 15 is 0 Å². The van der Waals surface area contributed by atoms with Crippen LogP contribution in [0, 0.1) is 0 Å². The smallest absolute Gasteiger partial charge is 0.370 e. The molecule has 17 heavy (non-hydrogen) atoms. The molecule has 104 valence electrons. The fourth-order valence-electron chi connectivity index (χ4n) is 2.29. The highest BCUT2D eigenvalue weighted by molar-refractivity contribution is 6.62. The average Bonchev–Trinajstić information content (AvgIpc) is 2.17. The van der Waals surface area contributed by atoms with Crippen molar-refractivity contribution in [2.75, 3.05) is 41.0 Å². The van der Waals surface area contributed by atoms with Gasteiger partial charge in [-0.3, -0.25) is 0 Å². The second-order valence-corrected chi connectivity index (χ2v) is 7.68. The number of hydrogen-bond donors (Lipinski definition) is 0. The molecule has 0 heterocycles. The Kier molecular flexibility index (Phi) is 7.51. The first kappa shape index (κ1) is 17.1. The first-order valence-corrected chi connectivity index (χ1v) is 8.41. The van der Waals surface area contributed by atoms with Gasteiger partial charge in [0, 0.05) is 26.2 Å². The van der Waals surface area contributed by atoms with Crippen molar-refractivity contribution in [3.8, 4) is 0 Å². The van der Waals surface area contributed by atoms with Gasteiger partial charge in [0.2, 0.25) is 0 Å². The van der Waals surface area contributed by atoms with Gasteiger partial charge in [-0.15, -0.1) is 0 Å². The zero-order chi connectivity index (χ0) is 13.5. The average molecular weight is 264 g/mol. The van der Waals surface area contributed by atoms with Gasteiger partial charge in [-0.2, -0.15) is 0 Å². The van der Waals surface area contributed by atoms with Gasteiger partial charge < -0.3 is 17.8 Å². The van der Waals surface area contributed by atoms with Crippen LogP contribution in [0.15, 0.2) is 0 Å². The number of rotatable bonds is 9. The van der Waals surface area contributed by atoms with E-state index in [9.17, 15) is 0 Å². The van der Waals surface area contributed by atoms with Gasteiger partial charge in [0.1, 0.15) is 0 Å². The maximum absolute atomic E-state index is 5.97. The lowest BCUT2D eigenvalue weighted by Gasteiger charge is -2.42. The Balaban J connectivity index is 5.19. The molecule has 4 nitrogen and oxygen atoms in total. The predicted octanol–water partition coefficient (Wildman–Crippen LogP) is 2.06. The van der Waals surface area contributed by atoms with Gasteiger partial charge >= 0.3 is 8.80 Å². The zero-order valence-corrected chi connectivity index (χ0v) is 13.6. The van der Waals surface area contributed by atoms with Crippen LogP contribution >= 0.6 is 0 Å². The van der Waals surface area contributed by atoms with Crippen LogP contribution in [0.5, 0.6) is 0 Å². The quantitative estimate of drug-likeness (QED) is 0.471. The Hall–Kier alpha value is 0.0569. The van der Waals surface area contributed by atoms with Crippen LogP contribution < -0.4 is 0 Å². The third-order valence-electron chi connectivity index (χ3n) is 2.77. The molecule has 1 atom stereocenters. The van der Waals surface area contributed by atoms with Crippen molar-refractivity contribution in [3.05, 3.63) is 0 Å². The minimum absolute atomic E-state index is 0.280. The van der Waals surface area contributed by atoms with E-state index in [2.05, 4.69) is 28.1 Å². The second kappa shape index (κ2) is 7.48. The summed E-state index contributed by atoms with van der Waals surface area (Å²) in [6.07, 6.45) is 0.996. The first-order valence-electron chi connectivity index (χ1n) is 6.60. The molecule has 0 radical (unpaired) electrons. The zero-order valence-electron chi connectivity index (χ0n) is 12.6. The molecule has 5 heteroatoms. The minimum Gasteiger partial charge on any atom is -0.370 e. The maximum Gasteiger partial charge on any atom is 0.562 e. The van der Waals surface area contributed by atoms with Gasteiger partial charge in [-0.05, 0) is 20.8 Å². The molecule has 0 aromatic rings. The maximum atomic E-state index is 5.97. The molecule has 0 rings (SSSR count). The lowest BCUT2D eigenvalue weighted by molar-refractivity contribution is -0.887. The van der Waals surface area contributed by atoms with E-state index in [0.29, 0.717) is 19.8 Å². The fourth-order valence-corrected chi connectivity index (χ4v) is 5.77. The summed E-state index contributed by atoms with van der Waals surface area (Å²) < 4.78 is 18.7. The summed E-state index contributed by atoms with van der Waals surface area (Å²) in [6.45, 7) is 10.1. The van der Waals surface area contributed by atoms with Crippen LogP contribution in [0.1, 0.15) is 34.1 Å². The highest BCUT2D eigenvalue weighted by atomic mass is 28.4. The van der Waals surface area contributed by atoms with Crippen molar-refractivity contribution in [3.63, 3.8) is 0 Å².